The van der Waals surface area contributed by atoms with E-state index in [0.717, 1.165) is 5.56 Å². The Kier molecular flexibility index (Phi) is 4.57. The van der Waals surface area contributed by atoms with Gasteiger partial charge in [-0.25, -0.2) is 0 Å². The molecule has 4 rings (SSSR count). The number of hydrogen-bond donors (Lipinski definition) is 2. The third-order valence-corrected chi connectivity index (χ3v) is 5.21. The van der Waals surface area contributed by atoms with Crippen molar-refractivity contribution in [3.05, 3.63) is 67.4 Å². The fraction of sp³-hybridized carbons (Fsp3) is 0.158. The van der Waals surface area contributed by atoms with Gasteiger partial charge in [-0.05, 0) is 24.3 Å². The summed E-state index contributed by atoms with van der Waals surface area (Å²) >= 11 is 9.49. The first-order valence-corrected chi connectivity index (χ1v) is 9.35. The first kappa shape index (κ1) is 17.9. The number of ether oxygens (including phenoxy) is 1. The minimum Gasteiger partial charge on any atom is -0.508 e. The summed E-state index contributed by atoms with van der Waals surface area (Å²) in [6, 6.07) is 8.09. The van der Waals surface area contributed by atoms with Crippen molar-refractivity contribution in [3.63, 3.8) is 0 Å². The van der Waals surface area contributed by atoms with Crippen molar-refractivity contribution in [2.24, 2.45) is 0 Å². The number of pyridine rings is 1. The van der Waals surface area contributed by atoms with Gasteiger partial charge in [-0.1, -0.05) is 27.5 Å². The number of phenols is 1. The van der Waals surface area contributed by atoms with Crippen molar-refractivity contribution >= 4 is 44.3 Å². The van der Waals surface area contributed by atoms with Crippen molar-refractivity contribution in [2.45, 2.75) is 6.54 Å². The number of carbonyl (C=O) groups is 1. The number of nitrogens with zero attached hydrogens (tertiary/aromatic N) is 1. The van der Waals surface area contributed by atoms with Gasteiger partial charge >= 0.3 is 0 Å². The number of phenolic OH excluding ortho intramolecular Hbond substituents is 1. The van der Waals surface area contributed by atoms with Crippen LogP contribution in [0.15, 0.2) is 45.8 Å². The molecule has 138 valence electrons. The lowest BCUT2D eigenvalue weighted by Crippen LogP contribution is -2.35. The van der Waals surface area contributed by atoms with Crippen LogP contribution in [0.3, 0.4) is 0 Å². The summed E-state index contributed by atoms with van der Waals surface area (Å²) in [5.74, 6) is 0.245. The molecule has 1 aliphatic rings. The molecule has 8 heteroatoms. The van der Waals surface area contributed by atoms with Crippen LogP contribution in [0.2, 0.25) is 5.02 Å². The normalized spacial score (nSPS) is 13.8. The number of aromatic hydroxyl groups is 1. The van der Waals surface area contributed by atoms with Crippen molar-refractivity contribution in [2.75, 3.05) is 13.2 Å². The Bertz CT molecular complexity index is 1130. The number of carbonyl (C=O) groups excluding carboxylic acids is 1. The van der Waals surface area contributed by atoms with Crippen LogP contribution >= 0.6 is 27.5 Å². The molecule has 1 aliphatic heterocycles. The lowest BCUT2D eigenvalue weighted by atomic mass is 10.1. The lowest BCUT2D eigenvalue weighted by molar-refractivity contribution is 0.0732. The van der Waals surface area contributed by atoms with E-state index in [9.17, 15) is 14.7 Å². The Morgan fingerprint density at radius 3 is 2.93 bits per heavy atom. The molecule has 2 aromatic carbocycles. The maximum absolute atomic E-state index is 13.0. The Morgan fingerprint density at radius 2 is 2.11 bits per heavy atom. The van der Waals surface area contributed by atoms with Crippen LogP contribution in [0.5, 0.6) is 11.5 Å². The van der Waals surface area contributed by atoms with E-state index in [4.69, 9.17) is 16.3 Å². The number of fused-ring (bicyclic) bond motifs is 2. The molecule has 6 nitrogen and oxygen atoms in total. The van der Waals surface area contributed by atoms with Crippen molar-refractivity contribution in [1.82, 2.24) is 9.88 Å². The molecule has 2 heterocycles. The maximum atomic E-state index is 13.0. The molecular weight excluding hydrogens is 436 g/mol. The van der Waals surface area contributed by atoms with E-state index in [1.807, 2.05) is 0 Å². The summed E-state index contributed by atoms with van der Waals surface area (Å²) in [6.45, 7) is 0.876. The second-order valence-electron chi connectivity index (χ2n) is 6.21. The number of H-pyrrole nitrogens is 1. The molecule has 0 aliphatic carbocycles. The summed E-state index contributed by atoms with van der Waals surface area (Å²) in [7, 11) is 0. The zero-order valence-corrected chi connectivity index (χ0v) is 16.3. The first-order valence-electron chi connectivity index (χ1n) is 8.18. The molecule has 0 radical (unpaired) electrons. The lowest BCUT2D eigenvalue weighted by Gasteiger charge is -2.19. The average Bonchev–Trinajstić information content (AvgIpc) is 2.84. The molecule has 0 spiro atoms. The van der Waals surface area contributed by atoms with Gasteiger partial charge in [-0.2, -0.15) is 0 Å². The highest BCUT2D eigenvalue weighted by atomic mass is 79.9. The predicted molar refractivity (Wildman–Crippen MR) is 106 cm³/mol. The molecule has 0 bridgehead atoms. The summed E-state index contributed by atoms with van der Waals surface area (Å²) in [5.41, 5.74) is 0.912. The summed E-state index contributed by atoms with van der Waals surface area (Å²) in [4.78, 5) is 30.4. The molecule has 0 fully saturated rings. The van der Waals surface area contributed by atoms with Crippen molar-refractivity contribution in [1.29, 1.82) is 0 Å². The summed E-state index contributed by atoms with van der Waals surface area (Å²) in [5, 5.41) is 10.3. The van der Waals surface area contributed by atoms with E-state index in [1.54, 1.807) is 29.2 Å². The molecule has 0 atom stereocenters. The quantitative estimate of drug-likeness (QED) is 0.594. The standard InChI is InChI=1S/C19H14BrClN2O4/c20-11-5-13-17(15(21)6-11)22-8-14(18(13)25)19(26)23-3-4-27-16-7-12(24)2-1-10(16)9-23/h1-2,5-8,24H,3-4,9H2,(H,22,25). The third kappa shape index (κ3) is 3.28. The fourth-order valence-corrected chi connectivity index (χ4v) is 3.98. The molecule has 0 saturated heterocycles. The van der Waals surface area contributed by atoms with E-state index >= 15 is 0 Å². The van der Waals surface area contributed by atoms with Crippen LogP contribution in [0.4, 0.5) is 0 Å². The molecule has 2 N–H and O–H groups in total. The van der Waals surface area contributed by atoms with E-state index in [0.29, 0.717) is 32.7 Å². The number of nitrogens with one attached hydrogen (secondary N) is 1. The smallest absolute Gasteiger partial charge is 0.259 e. The monoisotopic (exact) mass is 448 g/mol. The van der Waals surface area contributed by atoms with E-state index < -0.39 is 5.91 Å². The molecule has 3 aromatic rings. The van der Waals surface area contributed by atoms with Crippen LogP contribution in [0.1, 0.15) is 15.9 Å². The fourth-order valence-electron chi connectivity index (χ4n) is 3.12. The first-order chi connectivity index (χ1) is 12.9. The predicted octanol–water partition coefficient (Wildman–Crippen LogP) is 3.68. The average molecular weight is 450 g/mol. The van der Waals surface area contributed by atoms with Gasteiger partial charge in [-0.3, -0.25) is 9.59 Å². The Labute approximate surface area is 167 Å². The number of benzene rings is 2. The highest BCUT2D eigenvalue weighted by molar-refractivity contribution is 9.10. The van der Waals surface area contributed by atoms with Crippen LogP contribution in [-0.2, 0) is 6.54 Å². The Hall–Kier alpha value is -2.51. The number of hydrogen-bond acceptors (Lipinski definition) is 4. The van der Waals surface area contributed by atoms with E-state index in [-0.39, 0.29) is 29.9 Å². The molecular formula is C19H14BrClN2O4. The maximum Gasteiger partial charge on any atom is 0.259 e. The van der Waals surface area contributed by atoms with Gasteiger partial charge in [0.25, 0.3) is 5.91 Å². The van der Waals surface area contributed by atoms with Gasteiger partial charge in [0.15, 0.2) is 0 Å². The van der Waals surface area contributed by atoms with Gasteiger partial charge < -0.3 is 19.7 Å². The van der Waals surface area contributed by atoms with Gasteiger partial charge in [0.2, 0.25) is 5.43 Å². The highest BCUT2D eigenvalue weighted by Gasteiger charge is 2.24. The van der Waals surface area contributed by atoms with Gasteiger partial charge in [-0.15, -0.1) is 0 Å². The Balaban J connectivity index is 1.73. The molecule has 27 heavy (non-hydrogen) atoms. The van der Waals surface area contributed by atoms with Crippen LogP contribution < -0.4 is 10.2 Å². The molecule has 1 aromatic heterocycles. The third-order valence-electron chi connectivity index (χ3n) is 4.45. The van der Waals surface area contributed by atoms with Crippen molar-refractivity contribution < 1.29 is 14.6 Å². The number of aromatic amines is 1. The largest absolute Gasteiger partial charge is 0.508 e. The van der Waals surface area contributed by atoms with Gasteiger partial charge in [0.05, 0.1) is 17.1 Å². The zero-order valence-electron chi connectivity index (χ0n) is 14.0. The number of halogens is 2. The molecule has 1 amide bonds. The van der Waals surface area contributed by atoms with Crippen molar-refractivity contribution in [3.8, 4) is 11.5 Å². The minimum absolute atomic E-state index is 0.0406. The van der Waals surface area contributed by atoms with Gasteiger partial charge in [0, 0.05) is 34.2 Å². The van der Waals surface area contributed by atoms with Crippen LogP contribution in [0.25, 0.3) is 10.9 Å². The second-order valence-corrected chi connectivity index (χ2v) is 7.53. The number of rotatable bonds is 1. The van der Waals surface area contributed by atoms with E-state index in [2.05, 4.69) is 20.9 Å². The molecule has 0 saturated carbocycles. The summed E-state index contributed by atoms with van der Waals surface area (Å²) < 4.78 is 6.27. The topological polar surface area (TPSA) is 82.6 Å². The van der Waals surface area contributed by atoms with E-state index in [1.165, 1.54) is 12.3 Å². The Morgan fingerprint density at radius 1 is 1.30 bits per heavy atom. The SMILES string of the molecule is O=C(c1c[nH]c2c(Cl)cc(Br)cc2c1=O)N1CCOc2cc(O)ccc2C1. The minimum atomic E-state index is -0.390. The number of aromatic nitrogens is 1. The highest BCUT2D eigenvalue weighted by Crippen LogP contribution is 2.28. The molecule has 0 unspecified atom stereocenters. The van der Waals surface area contributed by atoms with Crippen LogP contribution in [-0.4, -0.2) is 34.0 Å². The summed E-state index contributed by atoms with van der Waals surface area (Å²) in [6.07, 6.45) is 1.40. The number of amides is 1. The van der Waals surface area contributed by atoms with Gasteiger partial charge in [0.1, 0.15) is 23.7 Å². The zero-order chi connectivity index (χ0) is 19.1. The van der Waals surface area contributed by atoms with Crippen LogP contribution in [0, 0.1) is 0 Å². The second kappa shape index (κ2) is 6.90.